The average molecular weight is 430 g/mol. The molecule has 3 heterocycles. The van der Waals surface area contributed by atoms with Gasteiger partial charge >= 0.3 is 0 Å². The number of hydrogen-bond donors (Lipinski definition) is 2. The van der Waals surface area contributed by atoms with E-state index in [1.54, 1.807) is 14.2 Å². The van der Waals surface area contributed by atoms with Crippen molar-refractivity contribution in [2.45, 2.75) is 52.1 Å². The van der Waals surface area contributed by atoms with Crippen LogP contribution in [0.2, 0.25) is 0 Å². The zero-order valence-corrected chi connectivity index (χ0v) is 18.4. The third-order valence-electron chi connectivity index (χ3n) is 5.58. The van der Waals surface area contributed by atoms with Crippen molar-refractivity contribution in [3.05, 3.63) is 28.0 Å². The van der Waals surface area contributed by atoms with E-state index in [9.17, 15) is 4.79 Å². The summed E-state index contributed by atoms with van der Waals surface area (Å²) in [4.78, 5) is 23.1. The fourth-order valence-corrected chi connectivity index (χ4v) is 5.19. The summed E-state index contributed by atoms with van der Waals surface area (Å²) in [5.41, 5.74) is 1.87. The molecule has 0 aromatic carbocycles. The van der Waals surface area contributed by atoms with Crippen molar-refractivity contribution < 1.29 is 14.3 Å². The van der Waals surface area contributed by atoms with Gasteiger partial charge < -0.3 is 14.8 Å². The number of ether oxygens (including phenoxy) is 2. The largest absolute Gasteiger partial charge is 0.480 e. The van der Waals surface area contributed by atoms with Crippen molar-refractivity contribution in [1.82, 2.24) is 20.2 Å². The van der Waals surface area contributed by atoms with E-state index >= 15 is 0 Å². The van der Waals surface area contributed by atoms with Gasteiger partial charge in [0.15, 0.2) is 11.6 Å². The Hall–Kier alpha value is -2.52. The zero-order chi connectivity index (χ0) is 21.1. The van der Waals surface area contributed by atoms with Gasteiger partial charge in [0, 0.05) is 18.9 Å². The second kappa shape index (κ2) is 9.09. The monoisotopic (exact) mass is 429 g/mol. The molecule has 0 aliphatic heterocycles. The van der Waals surface area contributed by atoms with E-state index in [2.05, 4.69) is 25.5 Å². The van der Waals surface area contributed by atoms with Crippen LogP contribution in [0, 0.1) is 12.8 Å². The second-order valence-electron chi connectivity index (χ2n) is 7.76. The van der Waals surface area contributed by atoms with Crippen LogP contribution in [0.4, 0.5) is 5.82 Å². The van der Waals surface area contributed by atoms with Crippen molar-refractivity contribution in [2.24, 2.45) is 5.92 Å². The molecule has 1 aliphatic rings. The summed E-state index contributed by atoms with van der Waals surface area (Å²) >= 11 is 1.32. The molecule has 3 aromatic rings. The van der Waals surface area contributed by atoms with Crippen LogP contribution in [0.3, 0.4) is 0 Å². The van der Waals surface area contributed by atoms with E-state index in [0.29, 0.717) is 33.1 Å². The van der Waals surface area contributed by atoms with Gasteiger partial charge in [-0.2, -0.15) is 10.1 Å². The zero-order valence-electron chi connectivity index (χ0n) is 17.6. The number of thiophene rings is 1. The van der Waals surface area contributed by atoms with Gasteiger partial charge in [-0.15, -0.1) is 11.3 Å². The number of amides is 1. The van der Waals surface area contributed by atoms with Crippen LogP contribution in [0.1, 0.15) is 58.9 Å². The Morgan fingerprint density at radius 3 is 2.80 bits per heavy atom. The number of nitrogens with one attached hydrogen (secondary N) is 2. The molecule has 3 aromatic heterocycles. The molecule has 0 saturated heterocycles. The number of carbonyl (C=O) groups is 1. The number of anilines is 1. The SMILES string of the molecule is COCc1nc(OC)c2c(C)c(C(=O)Nc3cc(CC4CCCCC4)[nH]n3)sc2n1. The fraction of sp³-hybridized carbons (Fsp3) is 0.524. The molecule has 0 spiro atoms. The first kappa shape index (κ1) is 20.7. The van der Waals surface area contributed by atoms with Crippen LogP contribution in [0.15, 0.2) is 6.07 Å². The summed E-state index contributed by atoms with van der Waals surface area (Å²) in [5.74, 6) is 2.02. The summed E-state index contributed by atoms with van der Waals surface area (Å²) in [6.07, 6.45) is 7.50. The molecule has 1 fully saturated rings. The van der Waals surface area contributed by atoms with Crippen molar-refractivity contribution in [3.63, 3.8) is 0 Å². The molecule has 30 heavy (non-hydrogen) atoms. The lowest BCUT2D eigenvalue weighted by molar-refractivity contribution is 0.102. The number of hydrogen-bond acceptors (Lipinski definition) is 7. The summed E-state index contributed by atoms with van der Waals surface area (Å²) in [7, 11) is 3.15. The van der Waals surface area contributed by atoms with Crippen LogP contribution >= 0.6 is 11.3 Å². The van der Waals surface area contributed by atoms with Gasteiger partial charge in [-0.25, -0.2) is 4.98 Å². The molecule has 1 saturated carbocycles. The molecule has 4 rings (SSSR count). The lowest BCUT2D eigenvalue weighted by Crippen LogP contribution is -2.11. The molecule has 0 bridgehead atoms. The quantitative estimate of drug-likeness (QED) is 0.582. The molecule has 1 amide bonds. The summed E-state index contributed by atoms with van der Waals surface area (Å²) in [6.45, 7) is 2.16. The highest BCUT2D eigenvalue weighted by atomic mass is 32.1. The molecular formula is C21H27N5O3S. The summed E-state index contributed by atoms with van der Waals surface area (Å²) in [5, 5.41) is 11.0. The minimum atomic E-state index is -0.207. The molecule has 2 N–H and O–H groups in total. The van der Waals surface area contributed by atoms with Crippen LogP contribution in [0.25, 0.3) is 10.2 Å². The highest BCUT2D eigenvalue weighted by Crippen LogP contribution is 2.35. The second-order valence-corrected chi connectivity index (χ2v) is 8.76. The highest BCUT2D eigenvalue weighted by molar-refractivity contribution is 7.20. The number of fused-ring (bicyclic) bond motifs is 1. The number of aromatic nitrogens is 4. The van der Waals surface area contributed by atoms with E-state index in [-0.39, 0.29) is 12.5 Å². The number of nitrogens with zero attached hydrogens (tertiary/aromatic N) is 3. The Bertz CT molecular complexity index is 1040. The van der Waals surface area contributed by atoms with Crippen molar-refractivity contribution in [1.29, 1.82) is 0 Å². The normalized spacial score (nSPS) is 14.9. The Kier molecular flexibility index (Phi) is 6.29. The standard InChI is InChI=1S/C21H27N5O3S/c1-12-17-20(29-3)23-16(11-28-2)24-21(17)30-18(12)19(27)22-15-10-14(25-26-15)9-13-7-5-4-6-8-13/h10,13H,4-9,11H2,1-3H3,(H2,22,25,26,27). The summed E-state index contributed by atoms with van der Waals surface area (Å²) in [6, 6.07) is 1.94. The lowest BCUT2D eigenvalue weighted by Gasteiger charge is -2.20. The smallest absolute Gasteiger partial charge is 0.267 e. The Labute approximate surface area is 179 Å². The molecule has 0 unspecified atom stereocenters. The number of aromatic amines is 1. The molecule has 9 heteroatoms. The first-order valence-electron chi connectivity index (χ1n) is 10.3. The predicted octanol–water partition coefficient (Wildman–Crippen LogP) is 4.25. The van der Waals surface area contributed by atoms with Crippen molar-refractivity contribution in [2.75, 3.05) is 19.5 Å². The van der Waals surface area contributed by atoms with Gasteiger partial charge in [-0.3, -0.25) is 9.89 Å². The number of aryl methyl sites for hydroxylation is 1. The molecule has 160 valence electrons. The fourth-order valence-electron chi connectivity index (χ4n) is 4.11. The van der Waals surface area contributed by atoms with Crippen LogP contribution in [-0.4, -0.2) is 40.3 Å². The average Bonchev–Trinajstić information content (AvgIpc) is 3.32. The topological polar surface area (TPSA) is 102 Å². The Morgan fingerprint density at radius 1 is 1.27 bits per heavy atom. The maximum absolute atomic E-state index is 12.9. The first-order valence-corrected chi connectivity index (χ1v) is 11.1. The first-order chi connectivity index (χ1) is 14.6. The van der Waals surface area contributed by atoms with Gasteiger partial charge in [0.1, 0.15) is 11.4 Å². The van der Waals surface area contributed by atoms with Crippen molar-refractivity contribution >= 4 is 33.3 Å². The van der Waals surface area contributed by atoms with Crippen LogP contribution < -0.4 is 10.1 Å². The molecule has 8 nitrogen and oxygen atoms in total. The highest BCUT2D eigenvalue weighted by Gasteiger charge is 2.22. The van der Waals surface area contributed by atoms with Gasteiger partial charge in [0.05, 0.1) is 17.4 Å². The van der Waals surface area contributed by atoms with E-state index in [1.807, 2.05) is 13.0 Å². The van der Waals surface area contributed by atoms with Gasteiger partial charge in [0.2, 0.25) is 5.88 Å². The molecule has 0 radical (unpaired) electrons. The Morgan fingerprint density at radius 2 is 2.07 bits per heavy atom. The number of rotatable bonds is 7. The van der Waals surface area contributed by atoms with Crippen LogP contribution in [0.5, 0.6) is 5.88 Å². The van der Waals surface area contributed by atoms with E-state index in [0.717, 1.165) is 23.1 Å². The molecule has 1 aliphatic carbocycles. The van der Waals surface area contributed by atoms with Gasteiger partial charge in [0.25, 0.3) is 5.91 Å². The minimum Gasteiger partial charge on any atom is -0.480 e. The van der Waals surface area contributed by atoms with E-state index < -0.39 is 0 Å². The van der Waals surface area contributed by atoms with Crippen molar-refractivity contribution in [3.8, 4) is 5.88 Å². The minimum absolute atomic E-state index is 0.207. The van der Waals surface area contributed by atoms with E-state index in [1.165, 1.54) is 43.4 Å². The molecular weight excluding hydrogens is 402 g/mol. The van der Waals surface area contributed by atoms with E-state index in [4.69, 9.17) is 9.47 Å². The third-order valence-corrected chi connectivity index (χ3v) is 6.77. The number of carbonyl (C=O) groups excluding carboxylic acids is 1. The Balaban J connectivity index is 1.52. The maximum atomic E-state index is 12.9. The third kappa shape index (κ3) is 4.32. The number of H-pyrrole nitrogens is 1. The van der Waals surface area contributed by atoms with Gasteiger partial charge in [-0.1, -0.05) is 32.1 Å². The van der Waals surface area contributed by atoms with Gasteiger partial charge in [-0.05, 0) is 24.8 Å². The van der Waals surface area contributed by atoms with Crippen LogP contribution in [-0.2, 0) is 17.8 Å². The molecule has 0 atom stereocenters. The predicted molar refractivity (Wildman–Crippen MR) is 116 cm³/mol. The lowest BCUT2D eigenvalue weighted by atomic mass is 9.86. The summed E-state index contributed by atoms with van der Waals surface area (Å²) < 4.78 is 10.6. The maximum Gasteiger partial charge on any atom is 0.267 e. The number of methoxy groups -OCH3 is 2.